The first kappa shape index (κ1) is 15.4. The summed E-state index contributed by atoms with van der Waals surface area (Å²) in [6.45, 7) is 6.87. The molecule has 0 spiro atoms. The topological polar surface area (TPSA) is 49.4 Å². The van der Waals surface area contributed by atoms with E-state index in [2.05, 4.69) is 26.1 Å². The van der Waals surface area contributed by atoms with Gasteiger partial charge >= 0.3 is 0 Å². The van der Waals surface area contributed by atoms with Gasteiger partial charge in [-0.3, -0.25) is 9.59 Å². The van der Waals surface area contributed by atoms with Crippen molar-refractivity contribution in [3.63, 3.8) is 0 Å². The summed E-state index contributed by atoms with van der Waals surface area (Å²) < 4.78 is -0.288. The van der Waals surface area contributed by atoms with Gasteiger partial charge in [0.2, 0.25) is 5.91 Å². The van der Waals surface area contributed by atoms with Gasteiger partial charge in [0.25, 0.3) is 5.91 Å². The van der Waals surface area contributed by atoms with E-state index in [1.54, 1.807) is 16.7 Å². The number of carbonyl (C=O) groups excluding carboxylic acids is 2. The van der Waals surface area contributed by atoms with Crippen LogP contribution in [0, 0.1) is 0 Å². The highest BCUT2D eigenvalue weighted by molar-refractivity contribution is 8.01. The number of nitrogens with one attached hydrogen (secondary N) is 1. The Labute approximate surface area is 135 Å². The van der Waals surface area contributed by atoms with Gasteiger partial charge in [0.1, 0.15) is 11.4 Å². The highest BCUT2D eigenvalue weighted by Crippen LogP contribution is 2.56. The molecule has 118 valence electrons. The quantitative estimate of drug-likeness (QED) is 0.868. The molecule has 2 heterocycles. The summed E-state index contributed by atoms with van der Waals surface area (Å²) in [6, 6.07) is 7.27. The van der Waals surface area contributed by atoms with Gasteiger partial charge in [-0.25, -0.2) is 0 Å². The number of thioether (sulfide) groups is 1. The van der Waals surface area contributed by atoms with Crippen LogP contribution in [-0.2, 0) is 4.79 Å². The van der Waals surface area contributed by atoms with Gasteiger partial charge in [0.05, 0.1) is 0 Å². The molecule has 2 atom stereocenters. The van der Waals surface area contributed by atoms with Crippen LogP contribution in [0.3, 0.4) is 0 Å². The number of fused-ring (bicyclic) bond motifs is 3. The smallest absolute Gasteiger partial charge is 0.256 e. The lowest BCUT2D eigenvalue weighted by Crippen LogP contribution is -2.52. The third kappa shape index (κ3) is 2.32. The fraction of sp³-hybridized carbons (Fsp3) is 0.529. The fourth-order valence-corrected chi connectivity index (χ4v) is 4.88. The second-order valence-corrected chi connectivity index (χ2v) is 8.15. The van der Waals surface area contributed by atoms with Crippen molar-refractivity contribution in [3.8, 4) is 0 Å². The number of amides is 2. The van der Waals surface area contributed by atoms with Crippen molar-refractivity contribution in [1.29, 1.82) is 0 Å². The molecule has 5 heteroatoms. The SMILES string of the molecule is CCCCNC(=O)[C@@H]1N2C(=O)c3ccccc3[C@H]2SC1(C)C. The van der Waals surface area contributed by atoms with Gasteiger partial charge in [-0.1, -0.05) is 31.5 Å². The maximum absolute atomic E-state index is 12.7. The Morgan fingerprint density at radius 3 is 2.82 bits per heavy atom. The van der Waals surface area contributed by atoms with Crippen LogP contribution in [0.15, 0.2) is 24.3 Å². The lowest BCUT2D eigenvalue weighted by atomic mass is 10.0. The summed E-state index contributed by atoms with van der Waals surface area (Å²) >= 11 is 1.70. The molecular formula is C17H22N2O2S. The molecule has 0 aliphatic carbocycles. The van der Waals surface area contributed by atoms with E-state index in [0.29, 0.717) is 6.54 Å². The number of nitrogens with zero attached hydrogens (tertiary/aromatic N) is 1. The van der Waals surface area contributed by atoms with E-state index in [1.165, 1.54) is 0 Å². The van der Waals surface area contributed by atoms with Gasteiger partial charge in [-0.05, 0) is 31.9 Å². The highest BCUT2D eigenvalue weighted by atomic mass is 32.2. The van der Waals surface area contributed by atoms with Crippen molar-refractivity contribution < 1.29 is 9.59 Å². The Bertz CT molecular complexity index is 614. The first-order valence-electron chi connectivity index (χ1n) is 7.84. The number of hydrogen-bond donors (Lipinski definition) is 1. The lowest BCUT2D eigenvalue weighted by Gasteiger charge is -2.29. The van der Waals surface area contributed by atoms with Crippen molar-refractivity contribution in [1.82, 2.24) is 10.2 Å². The molecule has 1 aromatic carbocycles. The molecule has 0 saturated carbocycles. The molecule has 2 amide bonds. The first-order valence-corrected chi connectivity index (χ1v) is 8.72. The minimum Gasteiger partial charge on any atom is -0.354 e. The number of carbonyl (C=O) groups is 2. The van der Waals surface area contributed by atoms with E-state index in [0.717, 1.165) is 24.0 Å². The summed E-state index contributed by atoms with van der Waals surface area (Å²) in [6.07, 6.45) is 2.00. The van der Waals surface area contributed by atoms with Crippen LogP contribution in [0.1, 0.15) is 54.9 Å². The van der Waals surface area contributed by atoms with E-state index in [1.807, 2.05) is 24.3 Å². The fourth-order valence-electron chi connectivity index (χ4n) is 3.29. The van der Waals surface area contributed by atoms with E-state index in [9.17, 15) is 9.59 Å². The van der Waals surface area contributed by atoms with E-state index in [-0.39, 0.29) is 21.9 Å². The molecule has 1 fully saturated rings. The predicted octanol–water partition coefficient (Wildman–Crippen LogP) is 2.95. The largest absolute Gasteiger partial charge is 0.354 e. The van der Waals surface area contributed by atoms with Crippen LogP contribution in [0.4, 0.5) is 0 Å². The minimum absolute atomic E-state index is 0.0192. The average molecular weight is 318 g/mol. The maximum Gasteiger partial charge on any atom is 0.256 e. The van der Waals surface area contributed by atoms with Crippen molar-refractivity contribution in [2.45, 2.75) is 49.8 Å². The minimum atomic E-state index is -0.417. The normalized spacial score (nSPS) is 25.0. The summed E-state index contributed by atoms with van der Waals surface area (Å²) in [5.74, 6) is -0.0519. The maximum atomic E-state index is 12.7. The standard InChI is InChI=1S/C17H22N2O2S/c1-4-5-10-18-14(20)13-17(2,3)22-16-12-9-7-6-8-11(12)15(21)19(13)16/h6-9,13,16H,4-5,10H2,1-3H3,(H,18,20)/t13-,16+/m0/s1. The van der Waals surface area contributed by atoms with Gasteiger partial charge in [-0.2, -0.15) is 0 Å². The van der Waals surface area contributed by atoms with Crippen molar-refractivity contribution in [2.24, 2.45) is 0 Å². The molecule has 1 N–H and O–H groups in total. The zero-order valence-corrected chi connectivity index (χ0v) is 14.1. The zero-order valence-electron chi connectivity index (χ0n) is 13.3. The van der Waals surface area contributed by atoms with Crippen molar-refractivity contribution in [2.75, 3.05) is 6.54 Å². The molecule has 4 nitrogen and oxygen atoms in total. The first-order chi connectivity index (χ1) is 10.5. The second-order valence-electron chi connectivity index (χ2n) is 6.42. The molecule has 2 aliphatic heterocycles. The highest BCUT2D eigenvalue weighted by Gasteiger charge is 2.57. The number of benzene rings is 1. The summed E-state index contributed by atoms with van der Waals surface area (Å²) in [5.41, 5.74) is 1.77. The predicted molar refractivity (Wildman–Crippen MR) is 88.7 cm³/mol. The third-order valence-corrected chi connectivity index (χ3v) is 5.91. The molecule has 0 radical (unpaired) electrons. The van der Waals surface area contributed by atoms with Crippen molar-refractivity contribution >= 4 is 23.6 Å². The number of rotatable bonds is 4. The zero-order chi connectivity index (χ0) is 15.9. The van der Waals surface area contributed by atoms with Crippen LogP contribution in [0.5, 0.6) is 0 Å². The molecule has 0 bridgehead atoms. The molecule has 0 aromatic heterocycles. The van der Waals surface area contributed by atoms with Crippen LogP contribution in [0.25, 0.3) is 0 Å². The van der Waals surface area contributed by atoms with Crippen molar-refractivity contribution in [3.05, 3.63) is 35.4 Å². The second kappa shape index (κ2) is 5.61. The van der Waals surface area contributed by atoms with E-state index >= 15 is 0 Å². The molecule has 2 aliphatic rings. The van der Waals surface area contributed by atoms with E-state index in [4.69, 9.17) is 0 Å². The Morgan fingerprint density at radius 1 is 1.36 bits per heavy atom. The average Bonchev–Trinajstić information content (AvgIpc) is 2.91. The Kier molecular flexibility index (Phi) is 3.93. The molecule has 1 aromatic rings. The molecule has 0 unspecified atom stereocenters. The van der Waals surface area contributed by atoms with Crippen LogP contribution in [-0.4, -0.2) is 34.0 Å². The third-order valence-electron chi connectivity index (χ3n) is 4.37. The molecular weight excluding hydrogens is 296 g/mol. The number of hydrogen-bond acceptors (Lipinski definition) is 3. The summed E-state index contributed by atoms with van der Waals surface area (Å²) in [5, 5.41) is 2.95. The summed E-state index contributed by atoms with van der Waals surface area (Å²) in [4.78, 5) is 27.2. The van der Waals surface area contributed by atoms with Gasteiger partial charge < -0.3 is 10.2 Å². The monoisotopic (exact) mass is 318 g/mol. The van der Waals surface area contributed by atoms with E-state index < -0.39 is 6.04 Å². The van der Waals surface area contributed by atoms with Gasteiger partial charge in [0, 0.05) is 16.9 Å². The molecule has 22 heavy (non-hydrogen) atoms. The van der Waals surface area contributed by atoms with Gasteiger partial charge in [0.15, 0.2) is 0 Å². The van der Waals surface area contributed by atoms with Crippen LogP contribution in [0.2, 0.25) is 0 Å². The summed E-state index contributed by atoms with van der Waals surface area (Å²) in [7, 11) is 0. The Morgan fingerprint density at radius 2 is 2.09 bits per heavy atom. The molecule has 3 rings (SSSR count). The Balaban J connectivity index is 1.89. The number of unbranched alkanes of at least 4 members (excludes halogenated alkanes) is 1. The lowest BCUT2D eigenvalue weighted by molar-refractivity contribution is -0.126. The van der Waals surface area contributed by atoms with Crippen LogP contribution < -0.4 is 5.32 Å². The molecule has 1 saturated heterocycles. The Hall–Kier alpha value is -1.49. The van der Waals surface area contributed by atoms with Gasteiger partial charge in [-0.15, -0.1) is 11.8 Å². The van der Waals surface area contributed by atoms with Crippen LogP contribution >= 0.6 is 11.8 Å².